The SMILES string of the molecule is CC#CCCC(O)CNCC. The molecule has 0 spiro atoms. The van der Waals surface area contributed by atoms with Crippen molar-refractivity contribution in [3.05, 3.63) is 0 Å². The average Bonchev–Trinajstić information content (AvgIpc) is 2.01. The number of aliphatic hydroxyl groups is 1. The van der Waals surface area contributed by atoms with E-state index in [1.165, 1.54) is 0 Å². The van der Waals surface area contributed by atoms with Gasteiger partial charge in [0.05, 0.1) is 6.10 Å². The molecule has 2 nitrogen and oxygen atoms in total. The van der Waals surface area contributed by atoms with Gasteiger partial charge in [-0.3, -0.25) is 0 Å². The molecule has 0 saturated carbocycles. The molecule has 0 aromatic carbocycles. The molecule has 0 saturated heterocycles. The zero-order valence-corrected chi connectivity index (χ0v) is 7.35. The Balaban J connectivity index is 3.19. The molecule has 2 heteroatoms. The Bertz CT molecular complexity index is 134. The van der Waals surface area contributed by atoms with Gasteiger partial charge in [0.1, 0.15) is 0 Å². The molecular formula is C9H17NO. The number of hydrogen-bond donors (Lipinski definition) is 2. The fraction of sp³-hybridized carbons (Fsp3) is 0.778. The molecule has 0 aliphatic heterocycles. The van der Waals surface area contributed by atoms with Gasteiger partial charge in [0, 0.05) is 13.0 Å². The highest BCUT2D eigenvalue weighted by molar-refractivity contribution is 4.95. The summed E-state index contributed by atoms with van der Waals surface area (Å²) >= 11 is 0. The van der Waals surface area contributed by atoms with Crippen molar-refractivity contribution in [3.63, 3.8) is 0 Å². The molecule has 0 aliphatic carbocycles. The maximum Gasteiger partial charge on any atom is 0.0673 e. The standard InChI is InChI=1S/C9H17NO/c1-3-5-6-7-9(11)8-10-4-2/h9-11H,4,6-8H2,1-2H3. The minimum atomic E-state index is -0.240. The van der Waals surface area contributed by atoms with E-state index in [4.69, 9.17) is 0 Å². The monoisotopic (exact) mass is 155 g/mol. The van der Waals surface area contributed by atoms with Crippen molar-refractivity contribution < 1.29 is 5.11 Å². The van der Waals surface area contributed by atoms with Crippen LogP contribution in [0.3, 0.4) is 0 Å². The third-order valence-electron chi connectivity index (χ3n) is 1.41. The van der Waals surface area contributed by atoms with Crippen molar-refractivity contribution in [1.29, 1.82) is 0 Å². The van der Waals surface area contributed by atoms with Gasteiger partial charge in [-0.25, -0.2) is 0 Å². The Morgan fingerprint density at radius 1 is 1.55 bits per heavy atom. The van der Waals surface area contributed by atoms with Crippen molar-refractivity contribution in [2.75, 3.05) is 13.1 Å². The molecule has 0 bridgehead atoms. The first-order valence-corrected chi connectivity index (χ1v) is 4.09. The minimum Gasteiger partial charge on any atom is -0.392 e. The molecule has 0 rings (SSSR count). The van der Waals surface area contributed by atoms with Crippen LogP contribution in [0.2, 0.25) is 0 Å². The van der Waals surface area contributed by atoms with E-state index in [0.717, 1.165) is 19.4 Å². The van der Waals surface area contributed by atoms with Crippen LogP contribution in [0, 0.1) is 11.8 Å². The fourth-order valence-corrected chi connectivity index (χ4v) is 0.777. The van der Waals surface area contributed by atoms with Gasteiger partial charge >= 0.3 is 0 Å². The maximum absolute atomic E-state index is 9.28. The second-order valence-electron chi connectivity index (χ2n) is 2.43. The fourth-order valence-electron chi connectivity index (χ4n) is 0.777. The Kier molecular flexibility index (Phi) is 7.23. The lowest BCUT2D eigenvalue weighted by molar-refractivity contribution is 0.164. The highest BCUT2D eigenvalue weighted by atomic mass is 16.3. The number of likely N-dealkylation sites (N-methyl/N-ethyl adjacent to an activating group) is 1. The molecule has 1 atom stereocenters. The lowest BCUT2D eigenvalue weighted by atomic mass is 10.2. The summed E-state index contributed by atoms with van der Waals surface area (Å²) in [6.07, 6.45) is 1.33. The second kappa shape index (κ2) is 7.59. The summed E-state index contributed by atoms with van der Waals surface area (Å²) in [5.41, 5.74) is 0. The summed E-state index contributed by atoms with van der Waals surface area (Å²) in [6.45, 7) is 5.44. The van der Waals surface area contributed by atoms with Crippen LogP contribution >= 0.6 is 0 Å². The third-order valence-corrected chi connectivity index (χ3v) is 1.41. The topological polar surface area (TPSA) is 32.3 Å². The van der Waals surface area contributed by atoms with Crippen LogP contribution in [0.25, 0.3) is 0 Å². The zero-order valence-electron chi connectivity index (χ0n) is 7.35. The molecule has 0 aliphatic rings. The number of nitrogens with one attached hydrogen (secondary N) is 1. The lowest BCUT2D eigenvalue weighted by Gasteiger charge is -2.07. The van der Waals surface area contributed by atoms with E-state index in [9.17, 15) is 5.11 Å². The van der Waals surface area contributed by atoms with Gasteiger partial charge in [0.25, 0.3) is 0 Å². The van der Waals surface area contributed by atoms with E-state index >= 15 is 0 Å². The van der Waals surface area contributed by atoms with Gasteiger partial charge in [-0.15, -0.1) is 11.8 Å². The molecule has 0 aromatic rings. The second-order valence-corrected chi connectivity index (χ2v) is 2.43. The van der Waals surface area contributed by atoms with Gasteiger partial charge in [-0.05, 0) is 19.9 Å². The first-order valence-electron chi connectivity index (χ1n) is 4.09. The molecule has 0 amide bonds. The third kappa shape index (κ3) is 7.38. The van der Waals surface area contributed by atoms with Gasteiger partial charge in [0.15, 0.2) is 0 Å². The van der Waals surface area contributed by atoms with E-state index in [0.29, 0.717) is 6.54 Å². The molecular weight excluding hydrogens is 138 g/mol. The summed E-state index contributed by atoms with van der Waals surface area (Å²) in [7, 11) is 0. The molecule has 0 fully saturated rings. The van der Waals surface area contributed by atoms with Crippen molar-refractivity contribution in [3.8, 4) is 11.8 Å². The smallest absolute Gasteiger partial charge is 0.0673 e. The Labute approximate surface area is 69.0 Å². The van der Waals surface area contributed by atoms with Crippen LogP contribution in [0.1, 0.15) is 26.7 Å². The van der Waals surface area contributed by atoms with Crippen LogP contribution in [-0.4, -0.2) is 24.3 Å². The molecule has 1 unspecified atom stereocenters. The molecule has 11 heavy (non-hydrogen) atoms. The molecule has 0 radical (unpaired) electrons. The van der Waals surface area contributed by atoms with Crippen LogP contribution in [0.5, 0.6) is 0 Å². The average molecular weight is 155 g/mol. The lowest BCUT2D eigenvalue weighted by Crippen LogP contribution is -2.26. The van der Waals surface area contributed by atoms with Crippen molar-refractivity contribution >= 4 is 0 Å². The highest BCUT2D eigenvalue weighted by Gasteiger charge is 1.99. The Hall–Kier alpha value is -0.520. The Morgan fingerprint density at radius 3 is 2.82 bits per heavy atom. The number of aliphatic hydroxyl groups excluding tert-OH is 1. The number of hydrogen-bond acceptors (Lipinski definition) is 2. The largest absolute Gasteiger partial charge is 0.392 e. The van der Waals surface area contributed by atoms with E-state index in [1.807, 2.05) is 13.8 Å². The van der Waals surface area contributed by atoms with Gasteiger partial charge in [0.2, 0.25) is 0 Å². The summed E-state index contributed by atoms with van der Waals surface area (Å²) in [6, 6.07) is 0. The summed E-state index contributed by atoms with van der Waals surface area (Å²) < 4.78 is 0. The maximum atomic E-state index is 9.28. The summed E-state index contributed by atoms with van der Waals surface area (Å²) in [4.78, 5) is 0. The summed E-state index contributed by atoms with van der Waals surface area (Å²) in [5.74, 6) is 5.72. The number of rotatable bonds is 5. The van der Waals surface area contributed by atoms with Crippen LogP contribution in [-0.2, 0) is 0 Å². The first-order chi connectivity index (χ1) is 5.31. The van der Waals surface area contributed by atoms with Gasteiger partial charge < -0.3 is 10.4 Å². The highest BCUT2D eigenvalue weighted by Crippen LogP contribution is 1.93. The van der Waals surface area contributed by atoms with Crippen molar-refractivity contribution in [2.24, 2.45) is 0 Å². The molecule has 64 valence electrons. The van der Waals surface area contributed by atoms with Crippen molar-refractivity contribution in [1.82, 2.24) is 5.32 Å². The summed E-state index contributed by atoms with van der Waals surface area (Å²) in [5, 5.41) is 12.4. The van der Waals surface area contributed by atoms with Crippen molar-refractivity contribution in [2.45, 2.75) is 32.8 Å². The normalized spacial score (nSPS) is 11.9. The van der Waals surface area contributed by atoms with E-state index in [2.05, 4.69) is 17.2 Å². The Morgan fingerprint density at radius 2 is 2.27 bits per heavy atom. The van der Waals surface area contributed by atoms with Gasteiger partial charge in [-0.2, -0.15) is 0 Å². The van der Waals surface area contributed by atoms with Crippen LogP contribution in [0.15, 0.2) is 0 Å². The molecule has 2 N–H and O–H groups in total. The van der Waals surface area contributed by atoms with Crippen LogP contribution in [0.4, 0.5) is 0 Å². The first kappa shape index (κ1) is 10.5. The van der Waals surface area contributed by atoms with Gasteiger partial charge in [-0.1, -0.05) is 6.92 Å². The van der Waals surface area contributed by atoms with E-state index < -0.39 is 0 Å². The van der Waals surface area contributed by atoms with Crippen LogP contribution < -0.4 is 5.32 Å². The minimum absolute atomic E-state index is 0.240. The predicted molar refractivity (Wildman–Crippen MR) is 47.2 cm³/mol. The quantitative estimate of drug-likeness (QED) is 0.574. The zero-order chi connectivity index (χ0) is 8.53. The van der Waals surface area contributed by atoms with E-state index in [-0.39, 0.29) is 6.10 Å². The molecule has 0 aromatic heterocycles. The molecule has 0 heterocycles. The predicted octanol–water partition coefficient (Wildman–Crippen LogP) is 0.760. The van der Waals surface area contributed by atoms with E-state index in [1.54, 1.807) is 0 Å².